The third-order valence-electron chi connectivity index (χ3n) is 3.26. The van der Waals surface area contributed by atoms with Gasteiger partial charge in [-0.15, -0.1) is 0 Å². The van der Waals surface area contributed by atoms with Crippen LogP contribution in [0.3, 0.4) is 0 Å². The van der Waals surface area contributed by atoms with Crippen LogP contribution in [0.4, 0.5) is 0 Å². The molecule has 1 aliphatic heterocycles. The molecule has 8 heteroatoms. The van der Waals surface area contributed by atoms with E-state index in [1.165, 1.54) is 21.6 Å². The number of aromatic amines is 1. The first-order valence-corrected chi connectivity index (χ1v) is 7.60. The van der Waals surface area contributed by atoms with E-state index in [4.69, 9.17) is 0 Å². The minimum atomic E-state index is -3.65. The summed E-state index contributed by atoms with van der Waals surface area (Å²) in [6.45, 7) is 0.373. The summed E-state index contributed by atoms with van der Waals surface area (Å²) >= 11 is 0. The number of hydrogen-bond donors (Lipinski definition) is 1. The SMILES string of the molecule is CN(C)C(=O)C1CCCCN1S(=O)(=O)c1cn[nH]c1. The van der Waals surface area contributed by atoms with E-state index in [1.54, 1.807) is 14.1 Å². The molecule has 2 heterocycles. The van der Waals surface area contributed by atoms with Crippen LogP contribution in [-0.4, -0.2) is 60.4 Å². The zero-order valence-corrected chi connectivity index (χ0v) is 11.9. The molecule has 1 atom stereocenters. The summed E-state index contributed by atoms with van der Waals surface area (Å²) < 4.78 is 26.3. The Hall–Kier alpha value is -1.41. The summed E-state index contributed by atoms with van der Waals surface area (Å²) in [6, 6.07) is -0.608. The molecule has 1 aromatic heterocycles. The molecule has 1 aliphatic rings. The lowest BCUT2D eigenvalue weighted by molar-refractivity contribution is -0.133. The second-order valence-electron chi connectivity index (χ2n) is 4.79. The van der Waals surface area contributed by atoms with Gasteiger partial charge in [0, 0.05) is 26.8 Å². The fourth-order valence-corrected chi connectivity index (χ4v) is 3.81. The van der Waals surface area contributed by atoms with E-state index in [0.29, 0.717) is 13.0 Å². The number of H-pyrrole nitrogens is 1. The third kappa shape index (κ3) is 2.64. The number of carbonyl (C=O) groups is 1. The lowest BCUT2D eigenvalue weighted by Gasteiger charge is -2.34. The second-order valence-corrected chi connectivity index (χ2v) is 6.68. The van der Waals surface area contributed by atoms with Crippen molar-refractivity contribution < 1.29 is 13.2 Å². The Bertz CT molecular complexity index is 538. The number of rotatable bonds is 3. The molecule has 1 unspecified atom stereocenters. The lowest BCUT2D eigenvalue weighted by atomic mass is 10.0. The maximum absolute atomic E-state index is 12.5. The zero-order chi connectivity index (χ0) is 14.0. The fourth-order valence-electron chi connectivity index (χ4n) is 2.25. The highest BCUT2D eigenvalue weighted by Gasteiger charge is 2.38. The van der Waals surface area contributed by atoms with Crippen LogP contribution in [-0.2, 0) is 14.8 Å². The van der Waals surface area contributed by atoms with Crippen molar-refractivity contribution in [1.82, 2.24) is 19.4 Å². The van der Waals surface area contributed by atoms with Gasteiger partial charge in [0.05, 0.1) is 6.20 Å². The third-order valence-corrected chi connectivity index (χ3v) is 5.13. The van der Waals surface area contributed by atoms with Crippen molar-refractivity contribution in [3.05, 3.63) is 12.4 Å². The number of nitrogens with zero attached hydrogens (tertiary/aromatic N) is 3. The maximum atomic E-state index is 12.5. The van der Waals surface area contributed by atoms with Crippen molar-refractivity contribution in [2.45, 2.75) is 30.2 Å². The summed E-state index contributed by atoms with van der Waals surface area (Å²) in [5.41, 5.74) is 0. The number of likely N-dealkylation sites (N-methyl/N-ethyl adjacent to an activating group) is 1. The molecule has 1 N–H and O–H groups in total. The van der Waals surface area contributed by atoms with E-state index in [2.05, 4.69) is 10.2 Å². The molecule has 0 spiro atoms. The molecular formula is C11H18N4O3S. The molecule has 0 bridgehead atoms. The monoisotopic (exact) mass is 286 g/mol. The molecule has 0 aromatic carbocycles. The highest BCUT2D eigenvalue weighted by atomic mass is 32.2. The quantitative estimate of drug-likeness (QED) is 0.850. The molecule has 0 aliphatic carbocycles. The standard InChI is InChI=1S/C11H18N4O3S/c1-14(2)11(16)10-5-3-4-6-15(10)19(17,18)9-7-12-13-8-9/h7-8,10H,3-6H2,1-2H3,(H,12,13). The van der Waals surface area contributed by atoms with Gasteiger partial charge in [-0.05, 0) is 12.8 Å². The lowest BCUT2D eigenvalue weighted by Crippen LogP contribution is -2.51. The highest BCUT2D eigenvalue weighted by molar-refractivity contribution is 7.89. The van der Waals surface area contributed by atoms with Crippen LogP contribution < -0.4 is 0 Å². The minimum Gasteiger partial charge on any atom is -0.347 e. The molecule has 1 fully saturated rings. The molecule has 106 valence electrons. The molecule has 19 heavy (non-hydrogen) atoms. The first-order chi connectivity index (χ1) is 8.94. The van der Waals surface area contributed by atoms with Gasteiger partial charge >= 0.3 is 0 Å². The number of hydrogen-bond acceptors (Lipinski definition) is 4. The van der Waals surface area contributed by atoms with Gasteiger partial charge in [-0.1, -0.05) is 6.42 Å². The summed E-state index contributed by atoms with van der Waals surface area (Å²) in [6.07, 6.45) is 4.80. The van der Waals surface area contributed by atoms with E-state index in [1.807, 2.05) is 0 Å². The van der Waals surface area contributed by atoms with Gasteiger partial charge in [0.1, 0.15) is 10.9 Å². The van der Waals surface area contributed by atoms with E-state index >= 15 is 0 Å². The minimum absolute atomic E-state index is 0.103. The Labute approximate surface area is 112 Å². The molecule has 0 saturated carbocycles. The predicted molar refractivity (Wildman–Crippen MR) is 68.8 cm³/mol. The summed E-state index contributed by atoms with van der Waals surface area (Å²) in [5.74, 6) is -0.174. The molecule has 1 aromatic rings. The van der Waals surface area contributed by atoms with Crippen LogP contribution in [0.2, 0.25) is 0 Å². The van der Waals surface area contributed by atoms with E-state index in [0.717, 1.165) is 12.8 Å². The number of aromatic nitrogens is 2. The van der Waals surface area contributed by atoms with Gasteiger partial charge in [-0.3, -0.25) is 9.89 Å². The Morgan fingerprint density at radius 3 is 2.79 bits per heavy atom. The average Bonchev–Trinajstić information content (AvgIpc) is 2.92. The van der Waals surface area contributed by atoms with E-state index in [9.17, 15) is 13.2 Å². The maximum Gasteiger partial charge on any atom is 0.246 e. The van der Waals surface area contributed by atoms with Crippen molar-refractivity contribution in [1.29, 1.82) is 0 Å². The van der Waals surface area contributed by atoms with Crippen molar-refractivity contribution in [3.63, 3.8) is 0 Å². The second kappa shape index (κ2) is 5.30. The number of amides is 1. The first kappa shape index (κ1) is 14.0. The van der Waals surface area contributed by atoms with Crippen LogP contribution in [0.5, 0.6) is 0 Å². The van der Waals surface area contributed by atoms with Crippen LogP contribution in [0, 0.1) is 0 Å². The molecule has 7 nitrogen and oxygen atoms in total. The van der Waals surface area contributed by atoms with Crippen LogP contribution in [0.15, 0.2) is 17.3 Å². The van der Waals surface area contributed by atoms with Crippen LogP contribution >= 0.6 is 0 Å². The molecule has 1 saturated heterocycles. The van der Waals surface area contributed by atoms with Crippen molar-refractivity contribution in [2.75, 3.05) is 20.6 Å². The largest absolute Gasteiger partial charge is 0.347 e. The van der Waals surface area contributed by atoms with Crippen molar-refractivity contribution in [3.8, 4) is 0 Å². The fraction of sp³-hybridized carbons (Fsp3) is 0.636. The summed E-state index contributed by atoms with van der Waals surface area (Å²) in [4.78, 5) is 13.7. The topological polar surface area (TPSA) is 86.4 Å². The van der Waals surface area contributed by atoms with Crippen LogP contribution in [0.25, 0.3) is 0 Å². The number of sulfonamides is 1. The van der Waals surface area contributed by atoms with Gasteiger partial charge in [0.15, 0.2) is 0 Å². The van der Waals surface area contributed by atoms with Gasteiger partial charge in [-0.2, -0.15) is 9.40 Å². The average molecular weight is 286 g/mol. The van der Waals surface area contributed by atoms with E-state index < -0.39 is 16.1 Å². The Balaban J connectivity index is 2.33. The smallest absolute Gasteiger partial charge is 0.246 e. The van der Waals surface area contributed by atoms with Gasteiger partial charge in [-0.25, -0.2) is 8.42 Å². The Kier molecular flexibility index (Phi) is 3.91. The Morgan fingerprint density at radius 1 is 1.47 bits per heavy atom. The molecule has 2 rings (SSSR count). The number of nitrogens with one attached hydrogen (secondary N) is 1. The van der Waals surface area contributed by atoms with Gasteiger partial charge in [0.2, 0.25) is 15.9 Å². The summed E-state index contributed by atoms with van der Waals surface area (Å²) in [5, 5.41) is 6.15. The van der Waals surface area contributed by atoms with Gasteiger partial charge in [0.25, 0.3) is 0 Å². The van der Waals surface area contributed by atoms with Crippen molar-refractivity contribution >= 4 is 15.9 Å². The molecule has 1 amide bonds. The zero-order valence-electron chi connectivity index (χ0n) is 11.0. The number of carbonyl (C=O) groups excluding carboxylic acids is 1. The highest BCUT2D eigenvalue weighted by Crippen LogP contribution is 2.25. The number of piperidine rings is 1. The summed E-state index contributed by atoms with van der Waals surface area (Å²) in [7, 11) is -0.377. The van der Waals surface area contributed by atoms with Crippen LogP contribution in [0.1, 0.15) is 19.3 Å². The first-order valence-electron chi connectivity index (χ1n) is 6.16. The van der Waals surface area contributed by atoms with Crippen molar-refractivity contribution in [2.24, 2.45) is 0 Å². The predicted octanol–water partition coefficient (Wildman–Crippen LogP) is 0.0411. The Morgan fingerprint density at radius 2 is 2.21 bits per heavy atom. The normalized spacial score (nSPS) is 21.3. The van der Waals surface area contributed by atoms with E-state index in [-0.39, 0.29) is 10.8 Å². The molecule has 0 radical (unpaired) electrons. The van der Waals surface area contributed by atoms with Gasteiger partial charge < -0.3 is 4.90 Å². The molecular weight excluding hydrogens is 268 g/mol.